The number of halogens is 1. The SMILES string of the molecule is COc1ccc2c(Nc3ccc(NS(C)(=O)=O)cc3OC)c3ccccc3nc2c1.Cl. The van der Waals surface area contributed by atoms with Gasteiger partial charge in [-0.25, -0.2) is 13.4 Å². The Kier molecular flexibility index (Phi) is 6.42. The van der Waals surface area contributed by atoms with Gasteiger partial charge in [-0.2, -0.15) is 0 Å². The Labute approximate surface area is 186 Å². The summed E-state index contributed by atoms with van der Waals surface area (Å²) in [6.07, 6.45) is 1.11. The van der Waals surface area contributed by atoms with Crippen LogP contribution in [0.2, 0.25) is 0 Å². The predicted molar refractivity (Wildman–Crippen MR) is 128 cm³/mol. The van der Waals surface area contributed by atoms with Crippen LogP contribution in [0.5, 0.6) is 11.5 Å². The van der Waals surface area contributed by atoms with Gasteiger partial charge in [0.1, 0.15) is 11.5 Å². The molecule has 4 rings (SSSR count). The van der Waals surface area contributed by atoms with Gasteiger partial charge >= 0.3 is 0 Å². The highest BCUT2D eigenvalue weighted by Crippen LogP contribution is 2.38. The van der Waals surface area contributed by atoms with E-state index in [1.807, 2.05) is 42.5 Å². The van der Waals surface area contributed by atoms with Crippen molar-refractivity contribution in [1.82, 2.24) is 4.98 Å². The van der Waals surface area contributed by atoms with Crippen molar-refractivity contribution < 1.29 is 17.9 Å². The standard InChI is InChI=1S/C22H21N3O4S.ClH/c1-28-15-9-10-17-20(13-15)23-18-7-5-4-6-16(18)22(17)24-19-11-8-14(12-21(19)29-2)25-30(3,26)27;/h4-13,25H,1-3H3,(H,23,24);1H. The Morgan fingerprint density at radius 3 is 2.32 bits per heavy atom. The molecule has 0 unspecified atom stereocenters. The number of hydrogen-bond donors (Lipinski definition) is 2. The van der Waals surface area contributed by atoms with Crippen LogP contribution < -0.4 is 19.5 Å². The summed E-state index contributed by atoms with van der Waals surface area (Å²) in [7, 11) is -0.221. The Hall–Kier alpha value is -3.23. The van der Waals surface area contributed by atoms with Crippen LogP contribution >= 0.6 is 12.4 Å². The van der Waals surface area contributed by atoms with E-state index in [9.17, 15) is 8.42 Å². The fraction of sp³-hybridized carbons (Fsp3) is 0.136. The molecule has 0 amide bonds. The number of ether oxygens (including phenoxy) is 2. The van der Waals surface area contributed by atoms with Crippen molar-refractivity contribution in [1.29, 1.82) is 0 Å². The number of para-hydroxylation sites is 1. The molecule has 0 saturated heterocycles. The molecule has 31 heavy (non-hydrogen) atoms. The summed E-state index contributed by atoms with van der Waals surface area (Å²) in [5.74, 6) is 1.23. The summed E-state index contributed by atoms with van der Waals surface area (Å²) in [5.41, 5.74) is 3.64. The summed E-state index contributed by atoms with van der Waals surface area (Å²) >= 11 is 0. The zero-order valence-electron chi connectivity index (χ0n) is 17.2. The lowest BCUT2D eigenvalue weighted by molar-refractivity contribution is 0.415. The summed E-state index contributed by atoms with van der Waals surface area (Å²) in [6, 6.07) is 18.7. The number of anilines is 3. The topological polar surface area (TPSA) is 89.6 Å². The quantitative estimate of drug-likeness (QED) is 0.397. The van der Waals surface area contributed by atoms with Crippen molar-refractivity contribution in [3.63, 3.8) is 0 Å². The smallest absolute Gasteiger partial charge is 0.229 e. The molecule has 0 aliphatic rings. The Morgan fingerprint density at radius 1 is 0.871 bits per heavy atom. The fourth-order valence-electron chi connectivity index (χ4n) is 3.34. The second kappa shape index (κ2) is 8.87. The van der Waals surface area contributed by atoms with E-state index in [0.717, 1.165) is 39.5 Å². The first-order chi connectivity index (χ1) is 14.4. The number of pyridine rings is 1. The Balaban J connectivity index is 0.00000272. The van der Waals surface area contributed by atoms with Crippen LogP contribution in [0, 0.1) is 0 Å². The Bertz CT molecular complexity index is 1360. The molecule has 0 radical (unpaired) electrons. The third-order valence-electron chi connectivity index (χ3n) is 4.65. The van der Waals surface area contributed by atoms with Crippen molar-refractivity contribution in [2.75, 3.05) is 30.5 Å². The largest absolute Gasteiger partial charge is 0.497 e. The molecule has 0 bridgehead atoms. The molecule has 162 valence electrons. The molecule has 4 aromatic rings. The van der Waals surface area contributed by atoms with Crippen molar-refractivity contribution >= 4 is 61.3 Å². The minimum Gasteiger partial charge on any atom is -0.497 e. The molecule has 0 atom stereocenters. The first-order valence-electron chi connectivity index (χ1n) is 9.17. The number of nitrogens with zero attached hydrogens (tertiary/aromatic N) is 1. The summed E-state index contributed by atoms with van der Waals surface area (Å²) in [5, 5.41) is 5.33. The third kappa shape index (κ3) is 4.76. The lowest BCUT2D eigenvalue weighted by Gasteiger charge is -2.17. The maximum atomic E-state index is 11.5. The molecule has 2 N–H and O–H groups in total. The maximum absolute atomic E-state index is 11.5. The average molecular weight is 460 g/mol. The zero-order valence-corrected chi connectivity index (χ0v) is 18.8. The summed E-state index contributed by atoms with van der Waals surface area (Å²) < 4.78 is 36.4. The highest BCUT2D eigenvalue weighted by atomic mass is 35.5. The van der Waals surface area contributed by atoms with Gasteiger partial charge in [-0.15, -0.1) is 12.4 Å². The number of aromatic nitrogens is 1. The van der Waals surface area contributed by atoms with Gasteiger partial charge in [0, 0.05) is 22.9 Å². The third-order valence-corrected chi connectivity index (χ3v) is 5.26. The van der Waals surface area contributed by atoms with E-state index in [1.54, 1.807) is 32.4 Å². The van der Waals surface area contributed by atoms with Crippen molar-refractivity contribution in [2.24, 2.45) is 0 Å². The highest BCUT2D eigenvalue weighted by molar-refractivity contribution is 7.92. The molecule has 1 aromatic heterocycles. The van der Waals surface area contributed by atoms with Gasteiger partial charge in [-0.05, 0) is 30.3 Å². The van der Waals surface area contributed by atoms with E-state index in [-0.39, 0.29) is 12.4 Å². The van der Waals surface area contributed by atoms with Crippen LogP contribution in [0.15, 0.2) is 60.7 Å². The zero-order chi connectivity index (χ0) is 21.3. The molecular weight excluding hydrogens is 438 g/mol. The molecule has 7 nitrogen and oxygen atoms in total. The monoisotopic (exact) mass is 459 g/mol. The second-order valence-electron chi connectivity index (χ2n) is 6.80. The average Bonchev–Trinajstić information content (AvgIpc) is 2.72. The van der Waals surface area contributed by atoms with Crippen LogP contribution in [-0.4, -0.2) is 33.9 Å². The summed E-state index contributed by atoms with van der Waals surface area (Å²) in [4.78, 5) is 4.76. The lowest BCUT2D eigenvalue weighted by atomic mass is 10.1. The molecule has 0 fully saturated rings. The molecule has 3 aromatic carbocycles. The fourth-order valence-corrected chi connectivity index (χ4v) is 3.90. The Morgan fingerprint density at radius 2 is 1.61 bits per heavy atom. The predicted octanol–water partition coefficient (Wildman–Crippen LogP) is 4.94. The van der Waals surface area contributed by atoms with E-state index in [4.69, 9.17) is 14.5 Å². The van der Waals surface area contributed by atoms with E-state index >= 15 is 0 Å². The van der Waals surface area contributed by atoms with Gasteiger partial charge < -0.3 is 14.8 Å². The first-order valence-corrected chi connectivity index (χ1v) is 11.1. The number of benzene rings is 3. The van der Waals surface area contributed by atoms with Gasteiger partial charge in [0.2, 0.25) is 10.0 Å². The minimum atomic E-state index is -3.38. The van der Waals surface area contributed by atoms with Crippen LogP contribution in [0.4, 0.5) is 17.1 Å². The number of fused-ring (bicyclic) bond motifs is 2. The number of sulfonamides is 1. The molecule has 9 heteroatoms. The molecule has 0 spiro atoms. The van der Waals surface area contributed by atoms with E-state index < -0.39 is 10.0 Å². The number of methoxy groups -OCH3 is 2. The second-order valence-corrected chi connectivity index (χ2v) is 8.55. The van der Waals surface area contributed by atoms with Crippen LogP contribution in [0.3, 0.4) is 0 Å². The van der Waals surface area contributed by atoms with Gasteiger partial charge in [-0.3, -0.25) is 4.72 Å². The number of nitrogens with one attached hydrogen (secondary N) is 2. The van der Waals surface area contributed by atoms with Gasteiger partial charge in [0.05, 0.1) is 48.6 Å². The van der Waals surface area contributed by atoms with Crippen molar-refractivity contribution in [3.05, 3.63) is 60.7 Å². The molecular formula is C22H22ClN3O4S. The molecule has 0 aliphatic carbocycles. The van der Waals surface area contributed by atoms with E-state index in [2.05, 4.69) is 10.0 Å². The van der Waals surface area contributed by atoms with E-state index in [0.29, 0.717) is 17.1 Å². The van der Waals surface area contributed by atoms with Crippen LogP contribution in [0.1, 0.15) is 0 Å². The summed E-state index contributed by atoms with van der Waals surface area (Å²) in [6.45, 7) is 0. The molecule has 1 heterocycles. The van der Waals surface area contributed by atoms with Gasteiger partial charge in [0.25, 0.3) is 0 Å². The normalized spacial score (nSPS) is 11.1. The highest BCUT2D eigenvalue weighted by Gasteiger charge is 2.13. The maximum Gasteiger partial charge on any atom is 0.229 e. The van der Waals surface area contributed by atoms with Gasteiger partial charge in [0.15, 0.2) is 0 Å². The molecule has 0 aliphatic heterocycles. The van der Waals surface area contributed by atoms with Gasteiger partial charge in [-0.1, -0.05) is 18.2 Å². The number of hydrogen-bond acceptors (Lipinski definition) is 6. The number of rotatable bonds is 6. The van der Waals surface area contributed by atoms with Crippen molar-refractivity contribution in [2.45, 2.75) is 0 Å². The minimum absolute atomic E-state index is 0. The van der Waals surface area contributed by atoms with Crippen molar-refractivity contribution in [3.8, 4) is 11.5 Å². The van der Waals surface area contributed by atoms with Crippen LogP contribution in [0.25, 0.3) is 21.8 Å². The molecule has 0 saturated carbocycles. The first kappa shape index (κ1) is 22.5. The lowest BCUT2D eigenvalue weighted by Crippen LogP contribution is -2.09. The van der Waals surface area contributed by atoms with Crippen LogP contribution in [-0.2, 0) is 10.0 Å². The van der Waals surface area contributed by atoms with E-state index in [1.165, 1.54) is 0 Å².